The van der Waals surface area contributed by atoms with Crippen LogP contribution < -0.4 is 4.90 Å². The summed E-state index contributed by atoms with van der Waals surface area (Å²) in [5, 5.41) is 2.99. The van der Waals surface area contributed by atoms with Crippen LogP contribution in [0.1, 0.15) is 34.2 Å². The van der Waals surface area contributed by atoms with Crippen molar-refractivity contribution in [2.24, 2.45) is 11.8 Å². The van der Waals surface area contributed by atoms with Crippen molar-refractivity contribution in [3.05, 3.63) is 77.1 Å². The number of benzene rings is 1. The minimum absolute atomic E-state index is 0.229. The summed E-state index contributed by atoms with van der Waals surface area (Å²) in [6.07, 6.45) is 5.97. The average molecular weight is 406 g/mol. The minimum atomic E-state index is -0.277. The van der Waals surface area contributed by atoms with Gasteiger partial charge < -0.3 is 9.64 Å². The second-order valence-electron chi connectivity index (χ2n) is 8.12. The zero-order chi connectivity index (χ0) is 19.8. The summed E-state index contributed by atoms with van der Waals surface area (Å²) >= 11 is 1.43. The number of aromatic nitrogens is 1. The number of nitrogens with zero attached hydrogens (tertiary/aromatic N) is 1. The minimum Gasteiger partial charge on any atom is -0.447 e. The van der Waals surface area contributed by atoms with Crippen LogP contribution in [0.2, 0.25) is 0 Å². The van der Waals surface area contributed by atoms with E-state index in [1.54, 1.807) is 0 Å². The highest BCUT2D eigenvalue weighted by Gasteiger charge is 2.47. The van der Waals surface area contributed by atoms with Gasteiger partial charge in [-0.1, -0.05) is 30.3 Å². The van der Waals surface area contributed by atoms with Crippen LogP contribution in [0.3, 0.4) is 0 Å². The molecule has 1 N–H and O–H groups in total. The maximum absolute atomic E-state index is 12.9. The maximum Gasteiger partial charge on any atom is 0.349 e. The molecule has 0 saturated carbocycles. The van der Waals surface area contributed by atoms with E-state index in [1.165, 1.54) is 22.7 Å². The van der Waals surface area contributed by atoms with Crippen LogP contribution in [0.25, 0.3) is 10.9 Å². The van der Waals surface area contributed by atoms with Crippen LogP contribution in [0.4, 0.5) is 0 Å². The summed E-state index contributed by atoms with van der Waals surface area (Å²) in [5.74, 6) is 0.970. The molecule has 0 aliphatic carbocycles. The molecule has 3 aliphatic rings. The molecule has 148 valence electrons. The molecule has 6 rings (SSSR count). The fourth-order valence-corrected chi connectivity index (χ4v) is 5.79. The lowest BCUT2D eigenvalue weighted by Crippen LogP contribution is -3.20. The van der Waals surface area contributed by atoms with Crippen molar-refractivity contribution in [3.8, 4) is 0 Å². The normalized spacial score (nSPS) is 26.9. The maximum atomic E-state index is 12.9. The van der Waals surface area contributed by atoms with Crippen molar-refractivity contribution in [3.63, 3.8) is 0 Å². The quantitative estimate of drug-likeness (QED) is 0.520. The number of pyridine rings is 1. The van der Waals surface area contributed by atoms with Gasteiger partial charge in [0, 0.05) is 35.9 Å². The average Bonchev–Trinajstić information content (AvgIpc) is 3.32. The molecule has 4 nitrogen and oxygen atoms in total. The number of thiophene rings is 1. The predicted molar refractivity (Wildman–Crippen MR) is 115 cm³/mol. The van der Waals surface area contributed by atoms with E-state index in [2.05, 4.69) is 23.7 Å². The van der Waals surface area contributed by atoms with E-state index in [-0.39, 0.29) is 18.1 Å². The number of esters is 1. The van der Waals surface area contributed by atoms with Gasteiger partial charge in [-0.05, 0) is 29.5 Å². The molecule has 5 heterocycles. The highest BCUT2D eigenvalue weighted by Crippen LogP contribution is 2.36. The van der Waals surface area contributed by atoms with Crippen LogP contribution in [0, 0.1) is 11.8 Å². The largest absolute Gasteiger partial charge is 0.447 e. The first-order chi connectivity index (χ1) is 14.2. The van der Waals surface area contributed by atoms with Gasteiger partial charge in [0.1, 0.15) is 10.9 Å². The molecule has 2 bridgehead atoms. The fraction of sp³-hybridized carbons (Fsp3) is 0.333. The van der Waals surface area contributed by atoms with Crippen LogP contribution in [0.15, 0.2) is 66.7 Å². The van der Waals surface area contributed by atoms with E-state index in [4.69, 9.17) is 4.74 Å². The molecule has 29 heavy (non-hydrogen) atoms. The molecule has 3 aliphatic heterocycles. The number of piperidine rings is 3. The Bertz CT molecular complexity index is 1030. The number of para-hydroxylation sites is 1. The van der Waals surface area contributed by atoms with Gasteiger partial charge in [-0.15, -0.1) is 17.9 Å². The first-order valence-corrected chi connectivity index (χ1v) is 11.2. The number of hydrogen-bond acceptors (Lipinski definition) is 4. The number of fused-ring (bicyclic) bond motifs is 4. The first-order valence-electron chi connectivity index (χ1n) is 10.3. The molecular weight excluding hydrogens is 380 g/mol. The van der Waals surface area contributed by atoms with E-state index in [9.17, 15) is 4.79 Å². The molecule has 1 aromatic carbocycles. The molecule has 0 spiro atoms. The first kappa shape index (κ1) is 18.5. The van der Waals surface area contributed by atoms with E-state index in [0.29, 0.717) is 16.7 Å². The Morgan fingerprint density at radius 2 is 2.17 bits per heavy atom. The monoisotopic (exact) mass is 405 g/mol. The molecule has 0 amide bonds. The summed E-state index contributed by atoms with van der Waals surface area (Å²) in [5.41, 5.74) is 2.01. The van der Waals surface area contributed by atoms with Gasteiger partial charge in [-0.2, -0.15) is 0 Å². The molecule has 0 radical (unpaired) electrons. The van der Waals surface area contributed by atoms with Crippen LogP contribution in [-0.2, 0) is 4.74 Å². The molecule has 1 unspecified atom stereocenters. The standard InChI is InChI=1S/C24H24N2O2S/c1-2-16-15-26-12-10-17(16)14-21(26)23(28-24(27)22-8-5-13-29-22)19-9-11-25-20-7-4-3-6-18(19)20/h2-9,11,13,16-17,21,23H,1,10,12,14-15H2/p+1/t16-,17-,21+,23-/m0/s1. The third-order valence-electron chi connectivity index (χ3n) is 6.63. The summed E-state index contributed by atoms with van der Waals surface area (Å²) in [4.78, 5) is 19.6. The molecule has 3 saturated heterocycles. The highest BCUT2D eigenvalue weighted by atomic mass is 32.1. The zero-order valence-corrected chi connectivity index (χ0v) is 17.1. The second kappa shape index (κ2) is 7.73. The van der Waals surface area contributed by atoms with Crippen molar-refractivity contribution < 1.29 is 14.4 Å². The Balaban J connectivity index is 1.55. The van der Waals surface area contributed by atoms with E-state index in [1.807, 2.05) is 48.0 Å². The Morgan fingerprint density at radius 3 is 2.93 bits per heavy atom. The van der Waals surface area contributed by atoms with E-state index >= 15 is 0 Å². The van der Waals surface area contributed by atoms with Crippen LogP contribution in [-0.4, -0.2) is 30.1 Å². The van der Waals surface area contributed by atoms with E-state index < -0.39 is 0 Å². The van der Waals surface area contributed by atoms with E-state index in [0.717, 1.165) is 36.0 Å². The number of hydrogen-bond donors (Lipinski definition) is 1. The van der Waals surface area contributed by atoms with Crippen molar-refractivity contribution in [2.75, 3.05) is 13.1 Å². The molecule has 3 aromatic rings. The number of nitrogens with one attached hydrogen (secondary N) is 1. The SMILES string of the molecule is C=C[C@H]1C[NH+]2CC[C@H]1C[C@@H]2[C@@H](OC(=O)c1cccs1)c1ccnc2ccccc12. The third-order valence-corrected chi connectivity index (χ3v) is 7.48. The molecule has 5 atom stereocenters. The summed E-state index contributed by atoms with van der Waals surface area (Å²) in [6.45, 7) is 6.26. The summed E-state index contributed by atoms with van der Waals surface area (Å²) in [6, 6.07) is 14.2. The van der Waals surface area contributed by atoms with Gasteiger partial charge in [0.2, 0.25) is 0 Å². The van der Waals surface area contributed by atoms with Crippen molar-refractivity contribution >= 4 is 28.2 Å². The van der Waals surface area contributed by atoms with Gasteiger partial charge in [-0.3, -0.25) is 4.98 Å². The lowest BCUT2D eigenvalue weighted by Gasteiger charge is -2.48. The van der Waals surface area contributed by atoms with Gasteiger partial charge >= 0.3 is 5.97 Å². The Kier molecular flexibility index (Phi) is 4.94. The number of ether oxygens (including phenoxy) is 1. The predicted octanol–water partition coefficient (Wildman–Crippen LogP) is 3.67. The zero-order valence-electron chi connectivity index (χ0n) is 16.3. The number of quaternary nitrogens is 1. The van der Waals surface area contributed by atoms with Crippen molar-refractivity contribution in [2.45, 2.75) is 25.0 Å². The summed E-state index contributed by atoms with van der Waals surface area (Å²) in [7, 11) is 0. The van der Waals surface area contributed by atoms with Gasteiger partial charge in [-0.25, -0.2) is 4.79 Å². The lowest BCUT2D eigenvalue weighted by atomic mass is 9.73. The number of rotatable bonds is 5. The Morgan fingerprint density at radius 1 is 1.28 bits per heavy atom. The molecular formula is C24H25N2O2S+. The van der Waals surface area contributed by atoms with Gasteiger partial charge in [0.15, 0.2) is 6.10 Å². The Labute approximate surface area is 174 Å². The topological polar surface area (TPSA) is 43.6 Å². The molecule has 3 fully saturated rings. The molecule has 5 heteroatoms. The summed E-state index contributed by atoms with van der Waals surface area (Å²) < 4.78 is 6.25. The highest BCUT2D eigenvalue weighted by molar-refractivity contribution is 7.11. The fourth-order valence-electron chi connectivity index (χ4n) is 5.19. The van der Waals surface area contributed by atoms with Crippen molar-refractivity contribution in [1.82, 2.24) is 4.98 Å². The van der Waals surface area contributed by atoms with Crippen LogP contribution in [0.5, 0.6) is 0 Å². The second-order valence-corrected chi connectivity index (χ2v) is 9.07. The number of carbonyl (C=O) groups is 1. The van der Waals surface area contributed by atoms with Gasteiger partial charge in [0.25, 0.3) is 0 Å². The third kappa shape index (κ3) is 3.38. The van der Waals surface area contributed by atoms with Crippen LogP contribution >= 0.6 is 11.3 Å². The molecule has 2 aromatic heterocycles. The Hall–Kier alpha value is -2.50. The smallest absolute Gasteiger partial charge is 0.349 e. The lowest BCUT2D eigenvalue weighted by molar-refractivity contribution is -0.949. The number of carbonyl (C=O) groups excluding carboxylic acids is 1. The van der Waals surface area contributed by atoms with Crippen molar-refractivity contribution in [1.29, 1.82) is 0 Å². The van der Waals surface area contributed by atoms with Gasteiger partial charge in [0.05, 0.1) is 18.6 Å².